The number of carbonyl (C=O) groups excluding carboxylic acids is 1. The number of hydrogen-bond acceptors (Lipinski definition) is 2. The number of hydrogen-bond donors (Lipinski definition) is 0. The fraction of sp³-hybridized carbons (Fsp3) is 0.533. The van der Waals surface area contributed by atoms with Gasteiger partial charge in [-0.05, 0) is 30.6 Å². The van der Waals surface area contributed by atoms with E-state index in [1.807, 2.05) is 0 Å². The fourth-order valence-corrected chi connectivity index (χ4v) is 3.69. The van der Waals surface area contributed by atoms with Gasteiger partial charge in [0.25, 0.3) is 0 Å². The van der Waals surface area contributed by atoms with Crippen LogP contribution in [0.3, 0.4) is 0 Å². The molecular weight excluding hydrogens is 212 g/mol. The second kappa shape index (κ2) is 3.34. The van der Waals surface area contributed by atoms with Crippen LogP contribution >= 0.6 is 0 Å². The molecule has 2 heteroatoms. The SMILES string of the molecule is C=C1C(=O)OC2CC3(C)C=CCC(=C)C3CC12. The lowest BCUT2D eigenvalue weighted by Crippen LogP contribution is -2.41. The van der Waals surface area contributed by atoms with Crippen LogP contribution in [-0.2, 0) is 9.53 Å². The van der Waals surface area contributed by atoms with Crippen LogP contribution in [0, 0.1) is 17.3 Å². The minimum atomic E-state index is -0.197. The van der Waals surface area contributed by atoms with Gasteiger partial charge in [0.2, 0.25) is 0 Å². The van der Waals surface area contributed by atoms with Crippen molar-refractivity contribution in [3.05, 3.63) is 36.5 Å². The van der Waals surface area contributed by atoms with Crippen molar-refractivity contribution < 1.29 is 9.53 Å². The normalized spacial score (nSPS) is 44.3. The highest BCUT2D eigenvalue weighted by Crippen LogP contribution is 2.54. The van der Waals surface area contributed by atoms with Crippen LogP contribution in [-0.4, -0.2) is 12.1 Å². The number of allylic oxidation sites excluding steroid dienone is 3. The molecule has 1 saturated carbocycles. The smallest absolute Gasteiger partial charge is 0.334 e. The highest BCUT2D eigenvalue weighted by molar-refractivity contribution is 5.90. The molecule has 0 amide bonds. The molecule has 0 bridgehead atoms. The molecule has 4 atom stereocenters. The summed E-state index contributed by atoms with van der Waals surface area (Å²) < 4.78 is 5.42. The maximum absolute atomic E-state index is 11.6. The average Bonchev–Trinajstić information content (AvgIpc) is 2.52. The van der Waals surface area contributed by atoms with Crippen LogP contribution in [0.1, 0.15) is 26.2 Å². The molecule has 2 aliphatic carbocycles. The molecule has 1 aliphatic heterocycles. The largest absolute Gasteiger partial charge is 0.458 e. The van der Waals surface area contributed by atoms with Crippen LogP contribution in [0.2, 0.25) is 0 Å². The summed E-state index contributed by atoms with van der Waals surface area (Å²) in [6, 6.07) is 0. The van der Waals surface area contributed by atoms with Gasteiger partial charge in [0.05, 0.1) is 0 Å². The third-order valence-electron chi connectivity index (χ3n) is 4.72. The molecule has 3 aliphatic rings. The van der Waals surface area contributed by atoms with E-state index >= 15 is 0 Å². The van der Waals surface area contributed by atoms with Crippen LogP contribution in [0.15, 0.2) is 36.5 Å². The first-order chi connectivity index (χ1) is 8.01. The van der Waals surface area contributed by atoms with Gasteiger partial charge in [0, 0.05) is 11.5 Å². The van der Waals surface area contributed by atoms with Gasteiger partial charge in [-0.1, -0.05) is 37.8 Å². The third kappa shape index (κ3) is 1.43. The lowest BCUT2D eigenvalue weighted by atomic mass is 9.58. The van der Waals surface area contributed by atoms with Crippen molar-refractivity contribution >= 4 is 5.97 Å². The molecule has 0 N–H and O–H groups in total. The second-order valence-corrected chi connectivity index (χ2v) is 5.84. The number of fused-ring (bicyclic) bond motifs is 2. The van der Waals surface area contributed by atoms with E-state index in [2.05, 4.69) is 32.2 Å². The Morgan fingerprint density at radius 3 is 3.00 bits per heavy atom. The van der Waals surface area contributed by atoms with Crippen molar-refractivity contribution in [3.63, 3.8) is 0 Å². The van der Waals surface area contributed by atoms with Gasteiger partial charge >= 0.3 is 5.97 Å². The Morgan fingerprint density at radius 2 is 2.24 bits per heavy atom. The van der Waals surface area contributed by atoms with Gasteiger partial charge in [-0.15, -0.1) is 0 Å². The fourth-order valence-electron chi connectivity index (χ4n) is 3.69. The van der Waals surface area contributed by atoms with Gasteiger partial charge in [0.15, 0.2) is 0 Å². The summed E-state index contributed by atoms with van der Waals surface area (Å²) in [6.45, 7) is 10.3. The molecule has 2 nitrogen and oxygen atoms in total. The minimum absolute atomic E-state index is 0.0341. The van der Waals surface area contributed by atoms with Gasteiger partial charge in [0.1, 0.15) is 6.10 Å². The van der Waals surface area contributed by atoms with Crippen molar-refractivity contribution in [3.8, 4) is 0 Å². The summed E-state index contributed by atoms with van der Waals surface area (Å²) in [5.74, 6) is 0.487. The lowest BCUT2D eigenvalue weighted by molar-refractivity contribution is -0.141. The quantitative estimate of drug-likeness (QED) is 0.363. The van der Waals surface area contributed by atoms with E-state index in [9.17, 15) is 4.79 Å². The first-order valence-electron chi connectivity index (χ1n) is 6.26. The first kappa shape index (κ1) is 10.8. The third-order valence-corrected chi connectivity index (χ3v) is 4.72. The number of rotatable bonds is 0. The maximum Gasteiger partial charge on any atom is 0.334 e. The van der Waals surface area contributed by atoms with Crippen molar-refractivity contribution in [1.29, 1.82) is 0 Å². The molecular formula is C15H18O2. The molecule has 0 aromatic heterocycles. The van der Waals surface area contributed by atoms with Crippen molar-refractivity contribution in [2.75, 3.05) is 0 Å². The average molecular weight is 230 g/mol. The van der Waals surface area contributed by atoms with Crippen LogP contribution in [0.25, 0.3) is 0 Å². The van der Waals surface area contributed by atoms with Gasteiger partial charge in [-0.25, -0.2) is 4.79 Å². The summed E-state index contributed by atoms with van der Waals surface area (Å²) in [5, 5.41) is 0. The molecule has 4 unspecified atom stereocenters. The predicted molar refractivity (Wildman–Crippen MR) is 66.2 cm³/mol. The summed E-state index contributed by atoms with van der Waals surface area (Å²) in [6.07, 6.45) is 7.37. The Balaban J connectivity index is 1.95. The molecule has 1 heterocycles. The molecule has 1 saturated heterocycles. The number of esters is 1. The highest BCUT2D eigenvalue weighted by atomic mass is 16.6. The van der Waals surface area contributed by atoms with Crippen molar-refractivity contribution in [2.45, 2.75) is 32.3 Å². The topological polar surface area (TPSA) is 26.3 Å². The molecule has 0 radical (unpaired) electrons. The molecule has 2 fully saturated rings. The Morgan fingerprint density at radius 1 is 1.47 bits per heavy atom. The standard InChI is InChI=1S/C15H18O2/c1-9-5-4-6-15(3)8-13-11(7-12(9)15)10(2)14(16)17-13/h4,6,11-13H,1-2,5,7-8H2,3H3. The molecule has 90 valence electrons. The van der Waals surface area contributed by atoms with E-state index in [4.69, 9.17) is 4.74 Å². The lowest BCUT2D eigenvalue weighted by Gasteiger charge is -2.46. The molecule has 17 heavy (non-hydrogen) atoms. The van der Waals surface area contributed by atoms with Crippen LogP contribution in [0.4, 0.5) is 0 Å². The number of carbonyl (C=O) groups is 1. The highest BCUT2D eigenvalue weighted by Gasteiger charge is 2.51. The van der Waals surface area contributed by atoms with E-state index in [1.165, 1.54) is 5.57 Å². The summed E-state index contributed by atoms with van der Waals surface area (Å²) >= 11 is 0. The molecule has 0 aromatic carbocycles. The van der Waals surface area contributed by atoms with E-state index < -0.39 is 0 Å². The Hall–Kier alpha value is -1.31. The van der Waals surface area contributed by atoms with E-state index in [-0.39, 0.29) is 23.4 Å². The van der Waals surface area contributed by atoms with Gasteiger partial charge in [-0.2, -0.15) is 0 Å². The maximum atomic E-state index is 11.6. The van der Waals surface area contributed by atoms with Crippen molar-refractivity contribution in [2.24, 2.45) is 17.3 Å². The summed E-state index contributed by atoms with van der Waals surface area (Å²) in [5.41, 5.74) is 2.07. The zero-order chi connectivity index (χ0) is 12.2. The zero-order valence-electron chi connectivity index (χ0n) is 10.2. The Kier molecular flexibility index (Phi) is 2.13. The van der Waals surface area contributed by atoms with Crippen molar-refractivity contribution in [1.82, 2.24) is 0 Å². The van der Waals surface area contributed by atoms with Gasteiger partial charge in [-0.3, -0.25) is 0 Å². The molecule has 0 spiro atoms. The first-order valence-corrected chi connectivity index (χ1v) is 6.26. The van der Waals surface area contributed by atoms with E-state index in [0.717, 1.165) is 19.3 Å². The molecule has 3 rings (SSSR count). The predicted octanol–water partition coefficient (Wildman–Crippen LogP) is 3.02. The Bertz CT molecular complexity index is 446. The number of ether oxygens (including phenoxy) is 1. The van der Waals surface area contributed by atoms with E-state index in [1.54, 1.807) is 0 Å². The Labute approximate surface area is 102 Å². The van der Waals surface area contributed by atoms with Crippen LogP contribution < -0.4 is 0 Å². The molecule has 0 aromatic rings. The summed E-state index contributed by atoms with van der Waals surface area (Å²) in [7, 11) is 0. The second-order valence-electron chi connectivity index (χ2n) is 5.84. The zero-order valence-corrected chi connectivity index (χ0v) is 10.2. The van der Waals surface area contributed by atoms with Crippen LogP contribution in [0.5, 0.6) is 0 Å². The van der Waals surface area contributed by atoms with Gasteiger partial charge < -0.3 is 4.74 Å². The monoisotopic (exact) mass is 230 g/mol. The van der Waals surface area contributed by atoms with E-state index in [0.29, 0.717) is 11.5 Å². The minimum Gasteiger partial charge on any atom is -0.458 e. The summed E-state index contributed by atoms with van der Waals surface area (Å²) in [4.78, 5) is 11.6.